The van der Waals surface area contributed by atoms with Crippen LogP contribution in [0, 0.1) is 0 Å². The van der Waals surface area contributed by atoms with Gasteiger partial charge in [-0.3, -0.25) is 9.48 Å². The van der Waals surface area contributed by atoms with E-state index in [9.17, 15) is 4.79 Å². The first-order valence-electron chi connectivity index (χ1n) is 8.38. The monoisotopic (exact) mass is 340 g/mol. The lowest BCUT2D eigenvalue weighted by atomic mass is 10.1. The number of para-hydroxylation sites is 1. The number of likely N-dealkylation sites (tertiary alicyclic amines) is 1. The van der Waals surface area contributed by atoms with E-state index >= 15 is 0 Å². The minimum atomic E-state index is -0.000314. The zero-order valence-electron chi connectivity index (χ0n) is 14.8. The third-order valence-electron chi connectivity index (χ3n) is 4.68. The Morgan fingerprint density at radius 3 is 2.84 bits per heavy atom. The van der Waals surface area contributed by atoms with Crippen LogP contribution in [0.5, 0.6) is 5.75 Å². The van der Waals surface area contributed by atoms with E-state index in [4.69, 9.17) is 4.74 Å². The van der Waals surface area contributed by atoms with E-state index in [2.05, 4.69) is 16.5 Å². The van der Waals surface area contributed by atoms with Crippen molar-refractivity contribution < 1.29 is 9.53 Å². The first-order chi connectivity index (χ1) is 12.1. The zero-order chi connectivity index (χ0) is 17.8. The molecule has 2 aromatic rings. The van der Waals surface area contributed by atoms with Gasteiger partial charge in [0.05, 0.1) is 18.8 Å². The molecule has 1 amide bonds. The Hall–Kier alpha value is -2.60. The van der Waals surface area contributed by atoms with Crippen molar-refractivity contribution in [1.82, 2.24) is 20.0 Å². The van der Waals surface area contributed by atoms with Crippen LogP contribution in [0.15, 0.2) is 42.6 Å². The quantitative estimate of drug-likeness (QED) is 0.874. The maximum Gasteiger partial charge on any atom is 0.224 e. The molecule has 2 atom stereocenters. The zero-order valence-corrected chi connectivity index (χ0v) is 14.8. The summed E-state index contributed by atoms with van der Waals surface area (Å²) in [6.45, 7) is 0.679. The number of methoxy groups -OCH3 is 1. The molecule has 6 nitrogen and oxygen atoms in total. The number of nitrogens with one attached hydrogen (secondary N) is 1. The number of amides is 1. The molecule has 1 aromatic heterocycles. The molecular weight excluding hydrogens is 316 g/mol. The van der Waals surface area contributed by atoms with Crippen molar-refractivity contribution in [3.05, 3.63) is 53.9 Å². The number of nitrogens with zero attached hydrogens (tertiary/aromatic N) is 3. The number of benzene rings is 1. The Bertz CT molecular complexity index is 768. The molecule has 1 N–H and O–H groups in total. The van der Waals surface area contributed by atoms with E-state index < -0.39 is 0 Å². The number of likely N-dealkylation sites (N-methyl/N-ethyl adjacent to an activating group) is 1. The molecule has 0 aliphatic carbocycles. The molecule has 1 aromatic carbocycles. The second kappa shape index (κ2) is 7.53. The van der Waals surface area contributed by atoms with Gasteiger partial charge in [-0.15, -0.1) is 0 Å². The smallest absolute Gasteiger partial charge is 0.224 e. The van der Waals surface area contributed by atoms with Gasteiger partial charge in [0.15, 0.2) is 0 Å². The summed E-state index contributed by atoms with van der Waals surface area (Å²) in [5.41, 5.74) is 2.08. The standard InChI is InChI=1S/C19H24N4O2/c1-22-18(24)13-15(19(22)16-10-12-21-23(16)2)20-11-6-8-14-7-4-5-9-17(14)25-3/h4-10,12,15,19-20H,11,13H2,1-3H3/b8-6+/t15-,19-/m1/s1. The van der Waals surface area contributed by atoms with Crippen molar-refractivity contribution in [2.24, 2.45) is 7.05 Å². The fourth-order valence-electron chi connectivity index (χ4n) is 3.34. The van der Waals surface area contributed by atoms with Gasteiger partial charge in [0, 0.05) is 44.9 Å². The van der Waals surface area contributed by atoms with Gasteiger partial charge >= 0.3 is 0 Å². The lowest BCUT2D eigenvalue weighted by Crippen LogP contribution is -2.36. The number of carbonyl (C=O) groups is 1. The van der Waals surface area contributed by atoms with Crippen molar-refractivity contribution in [2.75, 3.05) is 20.7 Å². The number of ether oxygens (including phenoxy) is 1. The largest absolute Gasteiger partial charge is 0.496 e. The predicted octanol–water partition coefficient (Wildman–Crippen LogP) is 2.00. The molecule has 0 radical (unpaired) electrons. The summed E-state index contributed by atoms with van der Waals surface area (Å²) < 4.78 is 7.18. The van der Waals surface area contributed by atoms with Crippen LogP contribution < -0.4 is 10.1 Å². The summed E-state index contributed by atoms with van der Waals surface area (Å²) in [6, 6.07) is 9.93. The van der Waals surface area contributed by atoms with E-state index in [0.29, 0.717) is 13.0 Å². The van der Waals surface area contributed by atoms with Gasteiger partial charge in [0.25, 0.3) is 0 Å². The minimum Gasteiger partial charge on any atom is -0.496 e. The Morgan fingerprint density at radius 1 is 1.32 bits per heavy atom. The van der Waals surface area contributed by atoms with E-state index in [-0.39, 0.29) is 18.0 Å². The van der Waals surface area contributed by atoms with Gasteiger partial charge in [0.2, 0.25) is 5.91 Å². The Kier molecular flexibility index (Phi) is 5.19. The second-order valence-corrected chi connectivity index (χ2v) is 6.19. The normalized spacial score (nSPS) is 20.6. The van der Waals surface area contributed by atoms with Crippen LogP contribution in [0.2, 0.25) is 0 Å². The summed E-state index contributed by atoms with van der Waals surface area (Å²) >= 11 is 0. The summed E-state index contributed by atoms with van der Waals surface area (Å²) in [7, 11) is 5.43. The maximum atomic E-state index is 12.2. The molecule has 0 saturated carbocycles. The number of rotatable bonds is 6. The van der Waals surface area contributed by atoms with E-state index in [1.54, 1.807) is 18.2 Å². The molecule has 1 fully saturated rings. The van der Waals surface area contributed by atoms with Crippen LogP contribution in [0.25, 0.3) is 6.08 Å². The highest BCUT2D eigenvalue weighted by molar-refractivity contribution is 5.80. The van der Waals surface area contributed by atoms with Gasteiger partial charge in [-0.05, 0) is 12.1 Å². The van der Waals surface area contributed by atoms with Crippen molar-refractivity contribution in [3.8, 4) is 5.75 Å². The number of aryl methyl sites for hydroxylation is 1. The lowest BCUT2D eigenvalue weighted by molar-refractivity contribution is -0.127. The van der Waals surface area contributed by atoms with Gasteiger partial charge in [0.1, 0.15) is 5.75 Å². The van der Waals surface area contributed by atoms with Gasteiger partial charge in [-0.1, -0.05) is 30.4 Å². The topological polar surface area (TPSA) is 59.4 Å². The molecule has 1 saturated heterocycles. The average Bonchev–Trinajstić information content (AvgIpc) is 3.15. The van der Waals surface area contributed by atoms with Crippen molar-refractivity contribution in [1.29, 1.82) is 0 Å². The average molecular weight is 340 g/mol. The first-order valence-corrected chi connectivity index (χ1v) is 8.38. The maximum absolute atomic E-state index is 12.2. The predicted molar refractivity (Wildman–Crippen MR) is 97.2 cm³/mol. The molecule has 25 heavy (non-hydrogen) atoms. The molecule has 132 valence electrons. The van der Waals surface area contributed by atoms with Crippen LogP contribution in [-0.2, 0) is 11.8 Å². The molecule has 2 heterocycles. The molecular formula is C19H24N4O2. The summed E-state index contributed by atoms with van der Waals surface area (Å²) in [6.07, 6.45) is 6.35. The fourth-order valence-corrected chi connectivity index (χ4v) is 3.34. The molecule has 0 unspecified atom stereocenters. The van der Waals surface area contributed by atoms with E-state index in [1.807, 2.05) is 55.2 Å². The van der Waals surface area contributed by atoms with Crippen LogP contribution in [0.4, 0.5) is 0 Å². The number of aromatic nitrogens is 2. The van der Waals surface area contributed by atoms with E-state index in [1.165, 1.54) is 0 Å². The summed E-state index contributed by atoms with van der Waals surface area (Å²) in [4.78, 5) is 14.0. The number of hydrogen-bond donors (Lipinski definition) is 1. The number of carbonyl (C=O) groups excluding carboxylic acids is 1. The molecule has 1 aliphatic rings. The van der Waals surface area contributed by atoms with Gasteiger partial charge in [-0.25, -0.2) is 0 Å². The third kappa shape index (κ3) is 3.58. The highest BCUT2D eigenvalue weighted by atomic mass is 16.5. The van der Waals surface area contributed by atoms with Crippen molar-refractivity contribution in [3.63, 3.8) is 0 Å². The molecule has 1 aliphatic heterocycles. The third-order valence-corrected chi connectivity index (χ3v) is 4.68. The van der Waals surface area contributed by atoms with Gasteiger partial charge in [-0.2, -0.15) is 5.10 Å². The molecule has 6 heteroatoms. The highest BCUT2D eigenvalue weighted by Gasteiger charge is 2.39. The minimum absolute atomic E-state index is 0.000314. The first kappa shape index (κ1) is 17.2. The van der Waals surface area contributed by atoms with Crippen molar-refractivity contribution in [2.45, 2.75) is 18.5 Å². The second-order valence-electron chi connectivity index (χ2n) is 6.19. The molecule has 0 bridgehead atoms. The highest BCUT2D eigenvalue weighted by Crippen LogP contribution is 2.31. The van der Waals surface area contributed by atoms with Crippen molar-refractivity contribution >= 4 is 12.0 Å². The van der Waals surface area contributed by atoms with Crippen LogP contribution >= 0.6 is 0 Å². The summed E-state index contributed by atoms with van der Waals surface area (Å²) in [5.74, 6) is 1.000. The number of hydrogen-bond acceptors (Lipinski definition) is 4. The Labute approximate surface area is 148 Å². The molecule has 3 rings (SSSR count). The van der Waals surface area contributed by atoms with Gasteiger partial charge < -0.3 is 15.0 Å². The lowest BCUT2D eigenvalue weighted by Gasteiger charge is -2.25. The SMILES string of the molecule is COc1ccccc1/C=C/CN[C@@H]1CC(=O)N(C)[C@H]1c1ccnn1C. The Morgan fingerprint density at radius 2 is 2.12 bits per heavy atom. The van der Waals surface area contributed by atoms with Crippen LogP contribution in [-0.4, -0.2) is 47.3 Å². The van der Waals surface area contributed by atoms with Crippen LogP contribution in [0.3, 0.4) is 0 Å². The van der Waals surface area contributed by atoms with E-state index in [0.717, 1.165) is 17.0 Å². The van der Waals surface area contributed by atoms with Crippen LogP contribution in [0.1, 0.15) is 23.7 Å². The summed E-state index contributed by atoms with van der Waals surface area (Å²) in [5, 5.41) is 7.72. The Balaban J connectivity index is 1.66. The molecule has 0 spiro atoms. The fraction of sp³-hybridized carbons (Fsp3) is 0.368.